The lowest BCUT2D eigenvalue weighted by atomic mass is 10.1. The summed E-state index contributed by atoms with van der Waals surface area (Å²) in [5, 5.41) is 3.41. The maximum Gasteiger partial charge on any atom is 0.261 e. The van der Waals surface area contributed by atoms with Crippen molar-refractivity contribution in [2.75, 3.05) is 13.2 Å². The molecular weight excluding hydrogens is 524 g/mol. The quantitative estimate of drug-likeness (QED) is 0.471. The second-order valence-corrected chi connectivity index (χ2v) is 8.68. The first-order valence-electron chi connectivity index (χ1n) is 9.21. The van der Waals surface area contributed by atoms with Gasteiger partial charge in [0.25, 0.3) is 5.91 Å². The standard InChI is InChI=1S/C21H23Br2ClN2O3/c1-3-10-25-21(28)14(2)26(12-15-4-6-16(22)7-5-15)20(27)13-29-19-9-8-17(24)11-18(19)23/h4-9,11,14H,3,10,12-13H2,1-2H3,(H,25,28)/t14-/m0/s1. The molecule has 2 amide bonds. The molecule has 0 saturated carbocycles. The fourth-order valence-electron chi connectivity index (χ4n) is 2.58. The lowest BCUT2D eigenvalue weighted by molar-refractivity contribution is -0.142. The Kier molecular flexibility index (Phi) is 9.46. The summed E-state index contributed by atoms with van der Waals surface area (Å²) in [7, 11) is 0. The molecule has 1 atom stereocenters. The van der Waals surface area contributed by atoms with E-state index in [4.69, 9.17) is 16.3 Å². The molecule has 0 fully saturated rings. The van der Waals surface area contributed by atoms with Crippen molar-refractivity contribution >= 4 is 55.3 Å². The first kappa shape index (κ1) is 23.7. The van der Waals surface area contributed by atoms with E-state index in [-0.39, 0.29) is 18.4 Å². The van der Waals surface area contributed by atoms with Crippen LogP contribution in [-0.2, 0) is 16.1 Å². The molecule has 1 N–H and O–H groups in total. The molecule has 0 spiro atoms. The van der Waals surface area contributed by atoms with Gasteiger partial charge in [0.2, 0.25) is 5.91 Å². The van der Waals surface area contributed by atoms with Gasteiger partial charge in [-0.2, -0.15) is 0 Å². The molecule has 0 aliphatic rings. The van der Waals surface area contributed by atoms with E-state index in [0.717, 1.165) is 16.5 Å². The number of nitrogens with one attached hydrogen (secondary N) is 1. The van der Waals surface area contributed by atoms with Gasteiger partial charge in [-0.3, -0.25) is 9.59 Å². The molecule has 0 saturated heterocycles. The Morgan fingerprint density at radius 3 is 2.48 bits per heavy atom. The van der Waals surface area contributed by atoms with Crippen molar-refractivity contribution in [3.63, 3.8) is 0 Å². The third kappa shape index (κ3) is 7.32. The zero-order valence-electron chi connectivity index (χ0n) is 16.3. The molecule has 156 valence electrons. The zero-order chi connectivity index (χ0) is 21.4. The highest BCUT2D eigenvalue weighted by Crippen LogP contribution is 2.28. The summed E-state index contributed by atoms with van der Waals surface area (Å²) in [6.45, 7) is 4.38. The average Bonchev–Trinajstić information content (AvgIpc) is 2.70. The van der Waals surface area contributed by atoms with Crippen LogP contribution in [0.15, 0.2) is 51.4 Å². The molecule has 0 unspecified atom stereocenters. The molecule has 0 bridgehead atoms. The highest BCUT2D eigenvalue weighted by atomic mass is 79.9. The van der Waals surface area contributed by atoms with Crippen LogP contribution in [-0.4, -0.2) is 35.9 Å². The Bertz CT molecular complexity index is 846. The van der Waals surface area contributed by atoms with Gasteiger partial charge in [-0.1, -0.05) is 46.6 Å². The van der Waals surface area contributed by atoms with Gasteiger partial charge in [0.05, 0.1) is 4.47 Å². The Labute approximate surface area is 193 Å². The van der Waals surface area contributed by atoms with E-state index in [9.17, 15) is 9.59 Å². The summed E-state index contributed by atoms with van der Waals surface area (Å²) >= 11 is 12.7. The summed E-state index contributed by atoms with van der Waals surface area (Å²) in [4.78, 5) is 27.0. The fraction of sp³-hybridized carbons (Fsp3) is 0.333. The monoisotopic (exact) mass is 544 g/mol. The topological polar surface area (TPSA) is 58.6 Å². The van der Waals surface area contributed by atoms with Gasteiger partial charge in [-0.25, -0.2) is 0 Å². The van der Waals surface area contributed by atoms with Crippen LogP contribution in [0.3, 0.4) is 0 Å². The summed E-state index contributed by atoms with van der Waals surface area (Å²) in [6.07, 6.45) is 0.826. The van der Waals surface area contributed by atoms with Crippen LogP contribution in [0.1, 0.15) is 25.8 Å². The number of hydrogen-bond acceptors (Lipinski definition) is 3. The van der Waals surface area contributed by atoms with Crippen molar-refractivity contribution < 1.29 is 14.3 Å². The number of rotatable bonds is 9. The van der Waals surface area contributed by atoms with Gasteiger partial charge in [0.1, 0.15) is 11.8 Å². The van der Waals surface area contributed by atoms with Crippen molar-refractivity contribution in [3.8, 4) is 5.75 Å². The van der Waals surface area contributed by atoms with Crippen LogP contribution in [0, 0.1) is 0 Å². The Hall–Kier alpha value is -1.57. The number of carbonyl (C=O) groups is 2. The molecule has 5 nitrogen and oxygen atoms in total. The minimum Gasteiger partial charge on any atom is -0.483 e. The van der Waals surface area contributed by atoms with E-state index in [0.29, 0.717) is 28.3 Å². The number of nitrogens with zero attached hydrogens (tertiary/aromatic N) is 1. The molecule has 29 heavy (non-hydrogen) atoms. The average molecular weight is 547 g/mol. The zero-order valence-corrected chi connectivity index (χ0v) is 20.2. The van der Waals surface area contributed by atoms with Crippen LogP contribution >= 0.6 is 43.5 Å². The van der Waals surface area contributed by atoms with Gasteiger partial charge in [0.15, 0.2) is 6.61 Å². The summed E-state index contributed by atoms with van der Waals surface area (Å²) in [5.74, 6) is 0.0355. The number of amides is 2. The molecule has 0 radical (unpaired) electrons. The normalized spacial score (nSPS) is 11.6. The number of halogens is 3. The van der Waals surface area contributed by atoms with E-state index < -0.39 is 6.04 Å². The molecule has 2 rings (SSSR count). The highest BCUT2D eigenvalue weighted by Gasteiger charge is 2.26. The van der Waals surface area contributed by atoms with E-state index in [2.05, 4.69) is 37.2 Å². The van der Waals surface area contributed by atoms with E-state index in [1.165, 1.54) is 4.90 Å². The maximum absolute atomic E-state index is 13.0. The summed E-state index contributed by atoms with van der Waals surface area (Å²) in [6, 6.07) is 12.1. The van der Waals surface area contributed by atoms with E-state index in [1.807, 2.05) is 31.2 Å². The van der Waals surface area contributed by atoms with Crippen LogP contribution in [0.5, 0.6) is 5.75 Å². The van der Waals surface area contributed by atoms with Crippen molar-refractivity contribution in [2.24, 2.45) is 0 Å². The molecule has 0 aromatic heterocycles. The van der Waals surface area contributed by atoms with Gasteiger partial charge in [-0.05, 0) is 65.2 Å². The predicted octanol–water partition coefficient (Wildman–Crippen LogP) is 5.19. The Balaban J connectivity index is 2.14. The molecule has 0 aliphatic carbocycles. The van der Waals surface area contributed by atoms with Crippen LogP contribution in [0.2, 0.25) is 5.02 Å². The minimum atomic E-state index is -0.630. The lowest BCUT2D eigenvalue weighted by Crippen LogP contribution is -2.49. The predicted molar refractivity (Wildman–Crippen MR) is 122 cm³/mol. The van der Waals surface area contributed by atoms with E-state index >= 15 is 0 Å². The van der Waals surface area contributed by atoms with Crippen LogP contribution in [0.25, 0.3) is 0 Å². The smallest absolute Gasteiger partial charge is 0.261 e. The third-order valence-electron chi connectivity index (χ3n) is 4.23. The van der Waals surface area contributed by atoms with Crippen molar-refractivity contribution in [1.29, 1.82) is 0 Å². The summed E-state index contributed by atoms with van der Waals surface area (Å²) < 4.78 is 7.27. The molecule has 2 aromatic rings. The number of ether oxygens (including phenoxy) is 1. The first-order chi connectivity index (χ1) is 13.8. The Morgan fingerprint density at radius 2 is 1.86 bits per heavy atom. The molecular formula is C21H23Br2ClN2O3. The summed E-state index contributed by atoms with van der Waals surface area (Å²) in [5.41, 5.74) is 0.921. The third-order valence-corrected chi connectivity index (χ3v) is 5.61. The Morgan fingerprint density at radius 1 is 1.17 bits per heavy atom. The van der Waals surface area contributed by atoms with Gasteiger partial charge in [-0.15, -0.1) is 0 Å². The molecule has 0 heterocycles. The second-order valence-electron chi connectivity index (χ2n) is 6.48. The molecule has 8 heteroatoms. The number of carbonyl (C=O) groups excluding carboxylic acids is 2. The van der Waals surface area contributed by atoms with Crippen LogP contribution in [0.4, 0.5) is 0 Å². The van der Waals surface area contributed by atoms with Gasteiger partial charge >= 0.3 is 0 Å². The SMILES string of the molecule is CCCNC(=O)[C@H](C)N(Cc1ccc(Br)cc1)C(=O)COc1ccc(Cl)cc1Br. The number of hydrogen-bond donors (Lipinski definition) is 1. The van der Waals surface area contributed by atoms with E-state index in [1.54, 1.807) is 25.1 Å². The largest absolute Gasteiger partial charge is 0.483 e. The number of benzene rings is 2. The second kappa shape index (κ2) is 11.6. The lowest BCUT2D eigenvalue weighted by Gasteiger charge is -2.28. The van der Waals surface area contributed by atoms with Crippen molar-refractivity contribution in [1.82, 2.24) is 10.2 Å². The highest BCUT2D eigenvalue weighted by molar-refractivity contribution is 9.10. The van der Waals surface area contributed by atoms with Crippen molar-refractivity contribution in [3.05, 3.63) is 62.0 Å². The van der Waals surface area contributed by atoms with Crippen LogP contribution < -0.4 is 10.1 Å². The minimum absolute atomic E-state index is 0.190. The first-order valence-corrected chi connectivity index (χ1v) is 11.2. The van der Waals surface area contributed by atoms with Crippen molar-refractivity contribution in [2.45, 2.75) is 32.9 Å². The van der Waals surface area contributed by atoms with Gasteiger partial charge < -0.3 is 15.0 Å². The maximum atomic E-state index is 13.0. The van der Waals surface area contributed by atoms with Gasteiger partial charge in [0, 0.05) is 22.6 Å². The fourth-order valence-corrected chi connectivity index (χ4v) is 3.64. The molecule has 2 aromatic carbocycles. The molecule has 0 aliphatic heterocycles.